The van der Waals surface area contributed by atoms with Crippen LogP contribution in [0.4, 0.5) is 13.2 Å². The zero-order valence-electron chi connectivity index (χ0n) is 12.1. The molecule has 1 fully saturated rings. The van der Waals surface area contributed by atoms with Gasteiger partial charge in [-0.1, -0.05) is 26.2 Å². The van der Waals surface area contributed by atoms with E-state index in [1.54, 1.807) is 0 Å². The molecule has 2 nitrogen and oxygen atoms in total. The number of Topliss-reactive ketones (excluding diaryl/α,β-unsaturated/α-hetero) is 1. The fourth-order valence-corrected chi connectivity index (χ4v) is 3.73. The van der Waals surface area contributed by atoms with E-state index >= 15 is 0 Å². The molecule has 0 bridgehead atoms. The van der Waals surface area contributed by atoms with Gasteiger partial charge >= 0.3 is 6.18 Å². The van der Waals surface area contributed by atoms with Crippen molar-refractivity contribution in [2.75, 3.05) is 0 Å². The molecule has 1 aromatic heterocycles. The van der Waals surface area contributed by atoms with Crippen LogP contribution in [-0.4, -0.2) is 10.8 Å². The molecule has 2 rings (SSSR count). The van der Waals surface area contributed by atoms with Gasteiger partial charge < -0.3 is 0 Å². The molecule has 6 heteroatoms. The van der Waals surface area contributed by atoms with Crippen molar-refractivity contribution in [1.29, 1.82) is 0 Å². The van der Waals surface area contributed by atoms with E-state index in [1.807, 2.05) is 0 Å². The second-order valence-corrected chi connectivity index (χ2v) is 6.78. The van der Waals surface area contributed by atoms with E-state index in [4.69, 9.17) is 0 Å². The lowest BCUT2D eigenvalue weighted by molar-refractivity contribution is -0.137. The molecule has 0 aliphatic heterocycles. The molecule has 0 saturated heterocycles. The van der Waals surface area contributed by atoms with Crippen LogP contribution in [0.5, 0.6) is 0 Å². The van der Waals surface area contributed by atoms with Gasteiger partial charge in [-0.15, -0.1) is 11.3 Å². The summed E-state index contributed by atoms with van der Waals surface area (Å²) in [4.78, 5) is 15.7. The Bertz CT molecular complexity index is 476. The normalized spacial score (nSPS) is 23.2. The van der Waals surface area contributed by atoms with Gasteiger partial charge in [0, 0.05) is 12.1 Å². The summed E-state index contributed by atoms with van der Waals surface area (Å²) in [6, 6.07) is 0. The predicted octanol–water partition coefficient (Wildman–Crippen LogP) is 5.34. The number of halogens is 3. The van der Waals surface area contributed by atoms with Gasteiger partial charge in [0.2, 0.25) is 0 Å². The average molecular weight is 319 g/mol. The van der Waals surface area contributed by atoms with Crippen LogP contribution < -0.4 is 0 Å². The monoisotopic (exact) mass is 319 g/mol. The molecule has 1 aromatic rings. The zero-order chi connectivity index (χ0) is 15.5. The summed E-state index contributed by atoms with van der Waals surface area (Å²) >= 11 is 0.471. The highest BCUT2D eigenvalue weighted by molar-refractivity contribution is 7.13. The van der Waals surface area contributed by atoms with Gasteiger partial charge in [-0.05, 0) is 31.6 Å². The standard InChI is InChI=1S/C15H20F3NOS/c1-2-3-4-10-5-7-11(8-6-10)13(20)12-9-19-14(21-12)15(16,17)18/h9-11H,2-8H2,1H3. The lowest BCUT2D eigenvalue weighted by atomic mass is 9.78. The van der Waals surface area contributed by atoms with Crippen LogP contribution in [0.3, 0.4) is 0 Å². The Labute approximate surface area is 126 Å². The fourth-order valence-electron chi connectivity index (χ4n) is 2.93. The molecule has 0 amide bonds. The Morgan fingerprint density at radius 3 is 2.52 bits per heavy atom. The molecule has 1 aliphatic carbocycles. The third-order valence-corrected chi connectivity index (χ3v) is 5.23. The number of hydrogen-bond donors (Lipinski definition) is 0. The van der Waals surface area contributed by atoms with Crippen molar-refractivity contribution in [1.82, 2.24) is 4.98 Å². The highest BCUT2D eigenvalue weighted by Crippen LogP contribution is 2.37. The van der Waals surface area contributed by atoms with Crippen LogP contribution in [0.25, 0.3) is 0 Å². The lowest BCUT2D eigenvalue weighted by Crippen LogP contribution is -2.21. The SMILES string of the molecule is CCCCC1CCC(C(=O)c2cnc(C(F)(F)F)s2)CC1. The maximum absolute atomic E-state index is 12.5. The van der Waals surface area contributed by atoms with Crippen molar-refractivity contribution in [3.8, 4) is 0 Å². The first kappa shape index (κ1) is 16.5. The van der Waals surface area contributed by atoms with Crippen LogP contribution >= 0.6 is 11.3 Å². The minimum atomic E-state index is -4.46. The Morgan fingerprint density at radius 1 is 1.33 bits per heavy atom. The molecular weight excluding hydrogens is 299 g/mol. The van der Waals surface area contributed by atoms with Crippen LogP contribution in [0.2, 0.25) is 0 Å². The first-order chi connectivity index (χ1) is 9.91. The summed E-state index contributed by atoms with van der Waals surface area (Å²) in [5.41, 5.74) is 0. The third-order valence-electron chi connectivity index (χ3n) is 4.17. The summed E-state index contributed by atoms with van der Waals surface area (Å²) < 4.78 is 37.5. The first-order valence-electron chi connectivity index (χ1n) is 7.49. The molecule has 1 aliphatic rings. The molecule has 0 spiro atoms. The Hall–Kier alpha value is -0.910. The molecule has 0 aromatic carbocycles. The zero-order valence-corrected chi connectivity index (χ0v) is 12.9. The summed E-state index contributed by atoms with van der Waals surface area (Å²) in [5, 5.41) is -0.928. The smallest absolute Gasteiger partial charge is 0.293 e. The molecule has 1 saturated carbocycles. The summed E-state index contributed by atoms with van der Waals surface area (Å²) in [6.07, 6.45) is 3.85. The third kappa shape index (κ3) is 4.28. The van der Waals surface area contributed by atoms with E-state index in [0.717, 1.165) is 31.9 Å². The largest absolute Gasteiger partial charge is 0.443 e. The minimum Gasteiger partial charge on any atom is -0.293 e. The number of ketones is 1. The van der Waals surface area contributed by atoms with Crippen LogP contribution in [0.1, 0.15) is 66.5 Å². The van der Waals surface area contributed by atoms with Crippen LogP contribution in [0, 0.1) is 11.8 Å². The van der Waals surface area contributed by atoms with Crippen molar-refractivity contribution in [3.63, 3.8) is 0 Å². The van der Waals surface area contributed by atoms with Crippen molar-refractivity contribution < 1.29 is 18.0 Å². The maximum Gasteiger partial charge on any atom is 0.443 e. The number of carbonyl (C=O) groups is 1. The number of aromatic nitrogens is 1. The van der Waals surface area contributed by atoms with E-state index in [1.165, 1.54) is 19.3 Å². The maximum atomic E-state index is 12.5. The topological polar surface area (TPSA) is 30.0 Å². The van der Waals surface area contributed by atoms with Gasteiger partial charge in [-0.25, -0.2) is 4.98 Å². The van der Waals surface area contributed by atoms with E-state index < -0.39 is 11.2 Å². The molecule has 0 N–H and O–H groups in total. The summed E-state index contributed by atoms with van der Waals surface area (Å²) in [7, 11) is 0. The second kappa shape index (κ2) is 6.90. The first-order valence-corrected chi connectivity index (χ1v) is 8.30. The number of hydrogen-bond acceptors (Lipinski definition) is 3. The van der Waals surface area contributed by atoms with Gasteiger partial charge in [-0.2, -0.15) is 13.2 Å². The van der Waals surface area contributed by atoms with E-state index in [-0.39, 0.29) is 16.6 Å². The van der Waals surface area contributed by atoms with E-state index in [9.17, 15) is 18.0 Å². The van der Waals surface area contributed by atoms with Gasteiger partial charge in [0.25, 0.3) is 0 Å². The summed E-state index contributed by atoms with van der Waals surface area (Å²) in [5.74, 6) is 0.405. The number of thiazole rings is 1. The molecule has 0 radical (unpaired) electrons. The Morgan fingerprint density at radius 2 is 2.00 bits per heavy atom. The molecule has 0 atom stereocenters. The Balaban J connectivity index is 1.91. The number of nitrogens with zero attached hydrogens (tertiary/aromatic N) is 1. The van der Waals surface area contributed by atoms with Gasteiger partial charge in [0.05, 0.1) is 4.88 Å². The van der Waals surface area contributed by atoms with Gasteiger partial charge in [0.1, 0.15) is 0 Å². The van der Waals surface area contributed by atoms with Crippen molar-refractivity contribution in [2.24, 2.45) is 11.8 Å². The van der Waals surface area contributed by atoms with Gasteiger partial charge in [-0.3, -0.25) is 4.79 Å². The van der Waals surface area contributed by atoms with E-state index in [2.05, 4.69) is 11.9 Å². The van der Waals surface area contributed by atoms with E-state index in [0.29, 0.717) is 17.3 Å². The number of carbonyl (C=O) groups excluding carboxylic acids is 1. The highest BCUT2D eigenvalue weighted by Gasteiger charge is 2.36. The average Bonchev–Trinajstić information content (AvgIpc) is 2.95. The minimum absolute atomic E-state index is 0.121. The van der Waals surface area contributed by atoms with Crippen LogP contribution in [0.15, 0.2) is 6.20 Å². The predicted molar refractivity (Wildman–Crippen MR) is 76.4 cm³/mol. The quantitative estimate of drug-likeness (QED) is 0.686. The molecule has 21 heavy (non-hydrogen) atoms. The fraction of sp³-hybridized carbons (Fsp3) is 0.733. The highest BCUT2D eigenvalue weighted by atomic mass is 32.1. The molecule has 1 heterocycles. The van der Waals surface area contributed by atoms with Crippen molar-refractivity contribution in [3.05, 3.63) is 16.1 Å². The van der Waals surface area contributed by atoms with Crippen molar-refractivity contribution in [2.45, 2.75) is 58.0 Å². The molecule has 118 valence electrons. The Kier molecular flexibility index (Phi) is 5.41. The summed E-state index contributed by atoms with van der Waals surface area (Å²) in [6.45, 7) is 2.16. The number of alkyl halides is 3. The number of rotatable bonds is 5. The molecule has 0 unspecified atom stereocenters. The van der Waals surface area contributed by atoms with Gasteiger partial charge in [0.15, 0.2) is 10.8 Å². The lowest BCUT2D eigenvalue weighted by Gasteiger charge is -2.27. The van der Waals surface area contributed by atoms with Crippen molar-refractivity contribution >= 4 is 17.1 Å². The second-order valence-electron chi connectivity index (χ2n) is 5.75. The number of unbranched alkanes of at least 4 members (excludes halogenated alkanes) is 1. The molecular formula is C15H20F3NOS. The van der Waals surface area contributed by atoms with Crippen LogP contribution in [-0.2, 0) is 6.18 Å².